The van der Waals surface area contributed by atoms with E-state index >= 15 is 0 Å². The predicted molar refractivity (Wildman–Crippen MR) is 133 cm³/mol. The van der Waals surface area contributed by atoms with Crippen molar-refractivity contribution in [2.45, 2.75) is 51.6 Å². The van der Waals surface area contributed by atoms with Gasteiger partial charge in [-0.25, -0.2) is 9.69 Å². The average Bonchev–Trinajstić information content (AvgIpc) is 3.03. The number of anilines is 2. The summed E-state index contributed by atoms with van der Waals surface area (Å²) in [6.45, 7) is 5.49. The van der Waals surface area contributed by atoms with E-state index in [-0.39, 0.29) is 12.2 Å². The average molecular weight is 513 g/mol. The fourth-order valence-corrected chi connectivity index (χ4v) is 4.97. The number of piperidine rings is 1. The number of carbonyl (C=O) groups is 2. The molecule has 3 heterocycles. The van der Waals surface area contributed by atoms with Crippen molar-refractivity contribution in [2.24, 2.45) is 0 Å². The van der Waals surface area contributed by atoms with Crippen molar-refractivity contribution in [3.8, 4) is 5.75 Å². The minimum absolute atomic E-state index is 0.172. The minimum atomic E-state index is -4.83. The molecule has 1 aromatic heterocycles. The number of rotatable bonds is 5. The summed E-state index contributed by atoms with van der Waals surface area (Å²) in [5.74, 6) is -0.895. The number of ether oxygens (including phenoxy) is 1. The summed E-state index contributed by atoms with van der Waals surface area (Å²) in [6, 6.07) is 12.1. The maximum atomic E-state index is 13.5. The number of hydrogen-bond donors (Lipinski definition) is 0. The molecule has 3 amide bonds. The highest BCUT2D eigenvalue weighted by atomic mass is 19.4. The number of nitrogens with zero attached hydrogens (tertiary/aromatic N) is 4. The Balaban J connectivity index is 1.44. The summed E-state index contributed by atoms with van der Waals surface area (Å²) < 4.78 is 41.4. The molecule has 0 aliphatic carbocycles. The summed E-state index contributed by atoms with van der Waals surface area (Å²) >= 11 is 0. The number of alkyl halides is 3. The highest BCUT2D eigenvalue weighted by Crippen LogP contribution is 2.36. The summed E-state index contributed by atoms with van der Waals surface area (Å²) in [7, 11) is 0. The van der Waals surface area contributed by atoms with Gasteiger partial charge >= 0.3 is 12.4 Å². The Labute approximate surface area is 212 Å². The van der Waals surface area contributed by atoms with Crippen LogP contribution in [0.1, 0.15) is 38.7 Å². The van der Waals surface area contributed by atoms with Crippen LogP contribution in [0.2, 0.25) is 0 Å². The zero-order valence-corrected chi connectivity index (χ0v) is 20.6. The lowest BCUT2D eigenvalue weighted by atomic mass is 10.0. The van der Waals surface area contributed by atoms with Gasteiger partial charge in [0.05, 0.1) is 11.2 Å². The van der Waals surface area contributed by atoms with Gasteiger partial charge in [-0.15, -0.1) is 13.2 Å². The van der Waals surface area contributed by atoms with E-state index in [0.29, 0.717) is 0 Å². The number of carbonyl (C=O) groups excluding carboxylic acids is 2. The summed E-state index contributed by atoms with van der Waals surface area (Å²) in [6.07, 6.45) is 0.377. The van der Waals surface area contributed by atoms with Gasteiger partial charge < -0.3 is 14.5 Å². The minimum Gasteiger partial charge on any atom is -0.406 e. The normalized spacial score (nSPS) is 18.1. The van der Waals surface area contributed by atoms with Gasteiger partial charge in [0.25, 0.3) is 5.91 Å². The maximum Gasteiger partial charge on any atom is 0.573 e. The van der Waals surface area contributed by atoms with Gasteiger partial charge in [0.2, 0.25) is 0 Å². The van der Waals surface area contributed by atoms with Gasteiger partial charge in [0.15, 0.2) is 0 Å². The Morgan fingerprint density at radius 2 is 1.62 bits per heavy atom. The van der Waals surface area contributed by atoms with Crippen LogP contribution >= 0.6 is 0 Å². The lowest BCUT2D eigenvalue weighted by Gasteiger charge is -2.30. The van der Waals surface area contributed by atoms with Crippen LogP contribution in [0.4, 0.5) is 29.3 Å². The first-order chi connectivity index (χ1) is 17.5. The molecular formula is C27H27F3N4O3. The highest BCUT2D eigenvalue weighted by Gasteiger charge is 2.51. The number of imide groups is 1. The monoisotopic (exact) mass is 512 g/mol. The molecule has 2 aliphatic rings. The predicted octanol–water partition coefficient (Wildman–Crippen LogP) is 5.87. The molecule has 2 aromatic carbocycles. The van der Waals surface area contributed by atoms with E-state index < -0.39 is 29.6 Å². The van der Waals surface area contributed by atoms with Crippen LogP contribution in [-0.4, -0.2) is 46.8 Å². The van der Waals surface area contributed by atoms with Crippen molar-refractivity contribution < 1.29 is 27.5 Å². The van der Waals surface area contributed by atoms with E-state index in [2.05, 4.69) is 26.8 Å². The third-order valence-corrected chi connectivity index (χ3v) is 7.02. The van der Waals surface area contributed by atoms with E-state index in [0.717, 1.165) is 65.1 Å². The molecule has 3 aromatic rings. The van der Waals surface area contributed by atoms with Gasteiger partial charge in [-0.05, 0) is 87.2 Å². The van der Waals surface area contributed by atoms with Crippen LogP contribution in [0, 0.1) is 0 Å². The van der Waals surface area contributed by atoms with Gasteiger partial charge in [-0.1, -0.05) is 0 Å². The molecule has 2 aliphatic heterocycles. The largest absolute Gasteiger partial charge is 0.573 e. The number of amides is 3. The second kappa shape index (κ2) is 9.24. The van der Waals surface area contributed by atoms with Crippen LogP contribution in [0.25, 0.3) is 10.9 Å². The number of aromatic nitrogens is 1. The lowest BCUT2D eigenvalue weighted by molar-refractivity contribution is -0.274. The molecule has 2 fully saturated rings. The number of halogens is 3. The zero-order chi connectivity index (χ0) is 26.4. The van der Waals surface area contributed by atoms with E-state index in [4.69, 9.17) is 0 Å². The first kappa shape index (κ1) is 24.9. The fraction of sp³-hybridized carbons (Fsp3) is 0.370. The standard InChI is InChI=1S/C27H27F3N4O3/c1-26(2)24(35)34(19-6-9-21(10-7-19)37-27(28,29)30)25(36)33(26)17-18-12-13-31-23-11-8-20(16-22(18)23)32-14-4-3-5-15-32/h6-13,16H,3-5,14-15,17H2,1-2H3. The maximum absolute atomic E-state index is 13.5. The number of fused-ring (bicyclic) bond motifs is 1. The van der Waals surface area contributed by atoms with E-state index in [1.54, 1.807) is 20.0 Å². The Bertz CT molecular complexity index is 1330. The Hall–Kier alpha value is -3.82. The molecule has 10 heteroatoms. The third kappa shape index (κ3) is 4.80. The number of benzene rings is 2. The summed E-state index contributed by atoms with van der Waals surface area (Å²) in [5.41, 5.74) is 1.76. The van der Waals surface area contributed by atoms with Gasteiger partial charge in [0.1, 0.15) is 11.3 Å². The van der Waals surface area contributed by atoms with Gasteiger partial charge in [-0.3, -0.25) is 9.78 Å². The smallest absolute Gasteiger partial charge is 0.406 e. The third-order valence-electron chi connectivity index (χ3n) is 7.02. The van der Waals surface area contributed by atoms with Crippen LogP contribution in [0.3, 0.4) is 0 Å². The molecule has 0 N–H and O–H groups in total. The number of hydrogen-bond acceptors (Lipinski definition) is 5. The molecule has 0 unspecified atom stereocenters. The molecule has 0 atom stereocenters. The van der Waals surface area contributed by atoms with Crippen molar-refractivity contribution in [2.75, 3.05) is 22.9 Å². The van der Waals surface area contributed by atoms with Crippen LogP contribution in [0.5, 0.6) is 5.75 Å². The Morgan fingerprint density at radius 1 is 0.946 bits per heavy atom. The second-order valence-electron chi connectivity index (χ2n) is 9.83. The van der Waals surface area contributed by atoms with Crippen molar-refractivity contribution >= 4 is 34.2 Å². The van der Waals surface area contributed by atoms with Crippen molar-refractivity contribution in [3.05, 3.63) is 60.3 Å². The quantitative estimate of drug-likeness (QED) is 0.400. The number of urea groups is 1. The molecule has 0 saturated carbocycles. The van der Waals surface area contributed by atoms with E-state index in [9.17, 15) is 22.8 Å². The van der Waals surface area contributed by atoms with Crippen molar-refractivity contribution in [1.82, 2.24) is 9.88 Å². The topological polar surface area (TPSA) is 66.0 Å². The SMILES string of the molecule is CC1(C)C(=O)N(c2ccc(OC(F)(F)F)cc2)C(=O)N1Cc1ccnc2ccc(N3CCCCC3)cc12. The lowest BCUT2D eigenvalue weighted by Crippen LogP contribution is -2.43. The van der Waals surface area contributed by atoms with Gasteiger partial charge in [-0.2, -0.15) is 0 Å². The van der Waals surface area contributed by atoms with Gasteiger partial charge in [0, 0.05) is 36.9 Å². The zero-order valence-electron chi connectivity index (χ0n) is 20.6. The van der Waals surface area contributed by atoms with Crippen LogP contribution in [-0.2, 0) is 11.3 Å². The molecule has 37 heavy (non-hydrogen) atoms. The Morgan fingerprint density at radius 3 is 2.30 bits per heavy atom. The first-order valence-electron chi connectivity index (χ1n) is 12.2. The number of pyridine rings is 1. The molecular weight excluding hydrogens is 485 g/mol. The van der Waals surface area contributed by atoms with Crippen LogP contribution in [0.15, 0.2) is 54.7 Å². The molecule has 0 spiro atoms. The highest BCUT2D eigenvalue weighted by molar-refractivity contribution is 6.23. The first-order valence-corrected chi connectivity index (χ1v) is 12.2. The van der Waals surface area contributed by atoms with Crippen molar-refractivity contribution in [3.63, 3.8) is 0 Å². The molecule has 2 saturated heterocycles. The van der Waals surface area contributed by atoms with E-state index in [1.807, 2.05) is 12.1 Å². The van der Waals surface area contributed by atoms with Crippen LogP contribution < -0.4 is 14.5 Å². The van der Waals surface area contributed by atoms with Crippen molar-refractivity contribution in [1.29, 1.82) is 0 Å². The fourth-order valence-electron chi connectivity index (χ4n) is 4.97. The molecule has 0 bridgehead atoms. The second-order valence-corrected chi connectivity index (χ2v) is 9.83. The molecule has 0 radical (unpaired) electrons. The Kier molecular flexibility index (Phi) is 6.21. The summed E-state index contributed by atoms with van der Waals surface area (Å²) in [5, 5.41) is 0.911. The molecule has 7 nitrogen and oxygen atoms in total. The van der Waals surface area contributed by atoms with E-state index in [1.165, 1.54) is 23.5 Å². The summed E-state index contributed by atoms with van der Waals surface area (Å²) in [4.78, 5) is 36.1. The molecule has 5 rings (SSSR count). The molecule has 194 valence electrons.